The molecule has 138 valence electrons. The molecular formula is C18H24F3N3O. The molecule has 1 amide bonds. The lowest BCUT2D eigenvalue weighted by Gasteiger charge is -2.12. The van der Waals surface area contributed by atoms with Crippen LogP contribution in [0.2, 0.25) is 0 Å². The monoisotopic (exact) mass is 355 g/mol. The van der Waals surface area contributed by atoms with Crippen LogP contribution >= 0.6 is 0 Å². The molecule has 0 spiro atoms. The summed E-state index contributed by atoms with van der Waals surface area (Å²) in [5.41, 5.74) is 2.44. The number of para-hydroxylation sites is 1. The summed E-state index contributed by atoms with van der Waals surface area (Å²) in [6, 6.07) is 11.0. The molecule has 0 atom stereocenters. The molecule has 4 nitrogen and oxygen atoms in total. The molecule has 0 saturated heterocycles. The molecule has 7 heteroatoms. The Bertz CT molecular complexity index is 641. The van der Waals surface area contributed by atoms with Gasteiger partial charge in [0, 0.05) is 5.69 Å². The summed E-state index contributed by atoms with van der Waals surface area (Å²) >= 11 is 0. The van der Waals surface area contributed by atoms with Crippen LogP contribution in [0.4, 0.5) is 24.5 Å². The number of carbonyl (C=O) groups excluding carboxylic acids is 1. The van der Waals surface area contributed by atoms with E-state index in [1.54, 1.807) is 24.3 Å². The summed E-state index contributed by atoms with van der Waals surface area (Å²) in [5.74, 6) is 4.59. The minimum absolute atomic E-state index is 0.292. The van der Waals surface area contributed by atoms with Crippen LogP contribution in [-0.2, 0) is 6.18 Å². The van der Waals surface area contributed by atoms with Gasteiger partial charge in [-0.1, -0.05) is 39.8 Å². The van der Waals surface area contributed by atoms with Crippen LogP contribution in [0.15, 0.2) is 48.5 Å². The van der Waals surface area contributed by atoms with Crippen LogP contribution in [-0.4, -0.2) is 5.91 Å². The van der Waals surface area contributed by atoms with Crippen molar-refractivity contribution in [3.05, 3.63) is 59.7 Å². The molecule has 2 aromatic carbocycles. The number of amides is 1. The van der Waals surface area contributed by atoms with Gasteiger partial charge >= 0.3 is 6.18 Å². The van der Waals surface area contributed by atoms with E-state index in [1.165, 1.54) is 12.1 Å². The summed E-state index contributed by atoms with van der Waals surface area (Å²) < 4.78 is 37.4. The van der Waals surface area contributed by atoms with Gasteiger partial charge in [-0.15, -0.1) is 0 Å². The number of alkyl halides is 3. The van der Waals surface area contributed by atoms with Crippen LogP contribution in [0.25, 0.3) is 0 Å². The first-order chi connectivity index (χ1) is 11.9. The molecule has 0 bridgehead atoms. The molecule has 0 saturated carbocycles. The molecule has 2 rings (SSSR count). The highest BCUT2D eigenvalue weighted by Crippen LogP contribution is 2.30. The number of hydrogen-bond donors (Lipinski definition) is 3. The van der Waals surface area contributed by atoms with E-state index in [0.29, 0.717) is 16.9 Å². The van der Waals surface area contributed by atoms with E-state index in [4.69, 9.17) is 5.84 Å². The zero-order valence-electron chi connectivity index (χ0n) is 14.7. The molecular weight excluding hydrogens is 331 g/mol. The largest absolute Gasteiger partial charge is 0.416 e. The van der Waals surface area contributed by atoms with Gasteiger partial charge in [0.25, 0.3) is 5.91 Å². The maximum atomic E-state index is 12.5. The summed E-state index contributed by atoms with van der Waals surface area (Å²) in [4.78, 5) is 11.6. The summed E-state index contributed by atoms with van der Waals surface area (Å²) in [6.45, 7) is 8.00. The number of hydrazine groups is 1. The van der Waals surface area contributed by atoms with Gasteiger partial charge in [-0.2, -0.15) is 13.2 Å². The first kappa shape index (κ1) is 22.5. The Morgan fingerprint density at radius 2 is 1.44 bits per heavy atom. The van der Waals surface area contributed by atoms with Crippen molar-refractivity contribution in [2.45, 2.75) is 33.9 Å². The number of halogens is 3. The predicted octanol–water partition coefficient (Wildman–Crippen LogP) is 5.10. The van der Waals surface area contributed by atoms with Gasteiger partial charge < -0.3 is 5.32 Å². The molecule has 25 heavy (non-hydrogen) atoms. The van der Waals surface area contributed by atoms with E-state index in [9.17, 15) is 18.0 Å². The molecule has 0 aromatic heterocycles. The minimum atomic E-state index is -4.38. The topological polar surface area (TPSA) is 67.1 Å². The highest BCUT2D eigenvalue weighted by Gasteiger charge is 2.29. The fourth-order valence-corrected chi connectivity index (χ4v) is 1.77. The number of carbonyl (C=O) groups is 1. The smallest absolute Gasteiger partial charge is 0.355 e. The average Bonchev–Trinajstić information content (AvgIpc) is 2.64. The standard InChI is InChI=1S/C14H12F3N3O.2C2H6/c15-14(16,17)9-5-7-10(8-6-9)19-12-4-2-1-3-11(12)13(21)20-18;2*1-2/h1-8,19H,18H2,(H,20,21);2*1-2H3. The molecule has 0 unspecified atom stereocenters. The van der Waals surface area contributed by atoms with E-state index in [-0.39, 0.29) is 0 Å². The van der Waals surface area contributed by atoms with Crippen molar-refractivity contribution in [1.82, 2.24) is 5.43 Å². The van der Waals surface area contributed by atoms with Crippen molar-refractivity contribution >= 4 is 17.3 Å². The number of nitrogens with one attached hydrogen (secondary N) is 2. The van der Waals surface area contributed by atoms with Crippen molar-refractivity contribution in [2.75, 3.05) is 5.32 Å². The third-order valence-electron chi connectivity index (χ3n) is 2.79. The number of rotatable bonds is 3. The van der Waals surface area contributed by atoms with Crippen molar-refractivity contribution in [1.29, 1.82) is 0 Å². The van der Waals surface area contributed by atoms with E-state index in [2.05, 4.69) is 5.32 Å². The van der Waals surface area contributed by atoms with Crippen LogP contribution < -0.4 is 16.6 Å². The summed E-state index contributed by atoms with van der Waals surface area (Å²) in [7, 11) is 0. The van der Waals surface area contributed by atoms with Gasteiger partial charge in [-0.3, -0.25) is 10.2 Å². The quantitative estimate of drug-likeness (QED) is 0.407. The minimum Gasteiger partial charge on any atom is -0.355 e. The molecule has 0 radical (unpaired) electrons. The van der Waals surface area contributed by atoms with E-state index in [0.717, 1.165) is 12.1 Å². The fourth-order valence-electron chi connectivity index (χ4n) is 1.77. The SMILES string of the molecule is CC.CC.NNC(=O)c1ccccc1Nc1ccc(C(F)(F)F)cc1. The Kier molecular flexibility index (Phi) is 9.96. The van der Waals surface area contributed by atoms with Crippen LogP contribution in [0.1, 0.15) is 43.6 Å². The maximum Gasteiger partial charge on any atom is 0.416 e. The predicted molar refractivity (Wildman–Crippen MR) is 95.5 cm³/mol. The Labute approximate surface area is 146 Å². The van der Waals surface area contributed by atoms with Gasteiger partial charge in [-0.25, -0.2) is 5.84 Å². The number of benzene rings is 2. The molecule has 0 heterocycles. The zero-order valence-corrected chi connectivity index (χ0v) is 14.7. The number of nitrogen functional groups attached to an aromatic ring is 1. The fraction of sp³-hybridized carbons (Fsp3) is 0.278. The maximum absolute atomic E-state index is 12.5. The molecule has 0 aliphatic rings. The highest BCUT2D eigenvalue weighted by molar-refractivity contribution is 5.99. The first-order valence-corrected chi connectivity index (χ1v) is 7.96. The second-order valence-electron chi connectivity index (χ2n) is 4.22. The van der Waals surface area contributed by atoms with Crippen LogP contribution in [0, 0.1) is 0 Å². The molecule has 0 aliphatic heterocycles. The van der Waals surface area contributed by atoms with Crippen molar-refractivity contribution in [3.63, 3.8) is 0 Å². The Hall–Kier alpha value is -2.54. The summed E-state index contributed by atoms with van der Waals surface area (Å²) in [5, 5.41) is 2.88. The normalized spacial score (nSPS) is 9.76. The van der Waals surface area contributed by atoms with Gasteiger partial charge in [0.1, 0.15) is 0 Å². The third-order valence-corrected chi connectivity index (χ3v) is 2.79. The van der Waals surface area contributed by atoms with Crippen LogP contribution in [0.3, 0.4) is 0 Å². The first-order valence-electron chi connectivity index (χ1n) is 7.96. The molecule has 2 aromatic rings. The van der Waals surface area contributed by atoms with E-state index >= 15 is 0 Å². The number of anilines is 2. The lowest BCUT2D eigenvalue weighted by molar-refractivity contribution is -0.137. The zero-order chi connectivity index (χ0) is 19.5. The Morgan fingerprint density at radius 3 is 1.92 bits per heavy atom. The van der Waals surface area contributed by atoms with Gasteiger partial charge in [0.15, 0.2) is 0 Å². The second-order valence-corrected chi connectivity index (χ2v) is 4.22. The van der Waals surface area contributed by atoms with Crippen LogP contribution in [0.5, 0.6) is 0 Å². The van der Waals surface area contributed by atoms with Gasteiger partial charge in [-0.05, 0) is 36.4 Å². The van der Waals surface area contributed by atoms with Gasteiger partial charge in [0.05, 0.1) is 16.8 Å². The second kappa shape index (κ2) is 11.1. The number of hydrogen-bond acceptors (Lipinski definition) is 3. The Balaban J connectivity index is 0.00000134. The van der Waals surface area contributed by atoms with Gasteiger partial charge in [0.2, 0.25) is 0 Å². The Morgan fingerprint density at radius 1 is 0.920 bits per heavy atom. The molecule has 4 N–H and O–H groups in total. The van der Waals surface area contributed by atoms with Crippen molar-refractivity contribution in [2.24, 2.45) is 5.84 Å². The average molecular weight is 355 g/mol. The lowest BCUT2D eigenvalue weighted by Crippen LogP contribution is -2.30. The number of nitrogens with two attached hydrogens (primary N) is 1. The lowest BCUT2D eigenvalue weighted by atomic mass is 10.1. The molecule has 0 aliphatic carbocycles. The molecule has 0 fully saturated rings. The van der Waals surface area contributed by atoms with Crippen molar-refractivity contribution in [3.8, 4) is 0 Å². The van der Waals surface area contributed by atoms with E-state index in [1.807, 2.05) is 33.1 Å². The third kappa shape index (κ3) is 6.84. The highest BCUT2D eigenvalue weighted by atomic mass is 19.4. The van der Waals surface area contributed by atoms with E-state index < -0.39 is 17.6 Å². The summed E-state index contributed by atoms with van der Waals surface area (Å²) in [6.07, 6.45) is -4.38. The van der Waals surface area contributed by atoms with Crippen molar-refractivity contribution < 1.29 is 18.0 Å².